The smallest absolute Gasteiger partial charge is 0.308 e. The number of benzene rings is 2. The molecule has 1 aromatic heterocycles. The molecule has 1 amide bonds. The van der Waals surface area contributed by atoms with Crippen LogP contribution < -0.4 is 10.0 Å². The zero-order valence-corrected chi connectivity index (χ0v) is 25.3. The van der Waals surface area contributed by atoms with E-state index >= 15 is 0 Å². The summed E-state index contributed by atoms with van der Waals surface area (Å²) in [5.74, 6) is -0.637. The molecule has 0 radical (unpaired) electrons. The lowest BCUT2D eigenvalue weighted by Gasteiger charge is -2.34. The number of pyridine rings is 1. The molecule has 1 atom stereocenters. The third-order valence-electron chi connectivity index (χ3n) is 7.84. The summed E-state index contributed by atoms with van der Waals surface area (Å²) in [7, 11) is -7.28. The topological polar surface area (TPSA) is 141 Å². The Morgan fingerprint density at radius 3 is 2.52 bits per heavy atom. The molecule has 15 heteroatoms. The molecule has 0 saturated carbocycles. The monoisotopic (exact) mass is 650 g/mol. The zero-order chi connectivity index (χ0) is 31.8. The van der Waals surface area contributed by atoms with E-state index in [-0.39, 0.29) is 60.9 Å². The second-order valence-corrected chi connectivity index (χ2v) is 14.7. The Morgan fingerprint density at radius 2 is 1.86 bits per heavy atom. The van der Waals surface area contributed by atoms with Gasteiger partial charge in [-0.3, -0.25) is 14.8 Å². The molecule has 2 aliphatic heterocycles. The number of nitrogens with one attached hydrogen (secondary N) is 2. The van der Waals surface area contributed by atoms with Crippen LogP contribution in [-0.2, 0) is 48.6 Å². The number of aryl methyl sites for hydroxylation is 2. The predicted molar refractivity (Wildman–Crippen MR) is 158 cm³/mol. The van der Waals surface area contributed by atoms with Crippen molar-refractivity contribution in [3.63, 3.8) is 0 Å². The molecule has 44 heavy (non-hydrogen) atoms. The first-order valence-corrected chi connectivity index (χ1v) is 16.9. The largest absolute Gasteiger partial charge is 0.416 e. The van der Waals surface area contributed by atoms with E-state index in [1.807, 2.05) is 0 Å². The fourth-order valence-corrected chi connectivity index (χ4v) is 7.82. The summed E-state index contributed by atoms with van der Waals surface area (Å²) in [6.45, 7) is 1.94. The first kappa shape index (κ1) is 31.9. The molecule has 1 spiro atoms. The first-order valence-electron chi connectivity index (χ1n) is 13.8. The van der Waals surface area contributed by atoms with E-state index in [1.165, 1.54) is 22.5 Å². The molecule has 1 fully saturated rings. The number of rotatable bonds is 9. The molecule has 234 valence electrons. The minimum absolute atomic E-state index is 0.0300. The Kier molecular flexibility index (Phi) is 8.79. The molecular formula is C29H31F3N5O5S2+. The van der Waals surface area contributed by atoms with Gasteiger partial charge in [-0.15, -0.1) is 0 Å². The summed E-state index contributed by atoms with van der Waals surface area (Å²) in [6.07, 6.45) is -1.00. The number of sulfonamides is 1. The number of nitrogens with zero attached hydrogens (tertiary/aromatic N) is 3. The highest BCUT2D eigenvalue weighted by molar-refractivity contribution is 7.95. The summed E-state index contributed by atoms with van der Waals surface area (Å²) in [4.78, 5) is 21.5. The number of amides is 1. The summed E-state index contributed by atoms with van der Waals surface area (Å²) in [5.41, 5.74) is 0.139. The van der Waals surface area contributed by atoms with E-state index in [9.17, 15) is 35.1 Å². The van der Waals surface area contributed by atoms with E-state index < -0.39 is 43.6 Å². The van der Waals surface area contributed by atoms with Gasteiger partial charge in [0, 0.05) is 37.1 Å². The van der Waals surface area contributed by atoms with Gasteiger partial charge in [-0.05, 0) is 71.4 Å². The van der Waals surface area contributed by atoms with Crippen molar-refractivity contribution >= 4 is 32.2 Å². The van der Waals surface area contributed by atoms with Crippen molar-refractivity contribution in [3.8, 4) is 0 Å². The molecule has 3 N–H and O–H groups in total. The molecule has 0 bridgehead atoms. The maximum Gasteiger partial charge on any atom is 0.416 e. The van der Waals surface area contributed by atoms with Crippen molar-refractivity contribution in [2.45, 2.75) is 49.3 Å². The van der Waals surface area contributed by atoms with Crippen molar-refractivity contribution in [2.24, 2.45) is 4.99 Å². The van der Waals surface area contributed by atoms with Gasteiger partial charge in [0.1, 0.15) is 11.4 Å². The minimum Gasteiger partial charge on any atom is -0.308 e. The molecule has 10 nitrogen and oxygen atoms in total. The van der Waals surface area contributed by atoms with Crippen LogP contribution in [0.5, 0.6) is 0 Å². The second-order valence-electron chi connectivity index (χ2n) is 10.8. The highest BCUT2D eigenvalue weighted by Crippen LogP contribution is 2.34. The third-order valence-corrected chi connectivity index (χ3v) is 11.1. The van der Waals surface area contributed by atoms with Crippen molar-refractivity contribution in [2.75, 3.05) is 18.8 Å². The Morgan fingerprint density at radius 1 is 1.11 bits per heavy atom. The number of hydrogen-bond acceptors (Lipinski definition) is 6. The van der Waals surface area contributed by atoms with Gasteiger partial charge in [0.15, 0.2) is 0 Å². The SMILES string of the molecule is Cc1cc([S+](=O)(O)NCc2cccnc2)ccc1CCS(=O)(=O)N1CCC2(CC1)N=C(c1cccc(C(F)(F)F)c1)NC2=O. The average Bonchev–Trinajstić information content (AvgIpc) is 3.30. The van der Waals surface area contributed by atoms with Gasteiger partial charge in [0.2, 0.25) is 14.9 Å². The normalized spacial score (nSPS) is 18.6. The maximum absolute atomic E-state index is 13.2. The molecular weight excluding hydrogens is 619 g/mol. The number of aromatic nitrogens is 1. The number of hydrogen-bond donors (Lipinski definition) is 3. The van der Waals surface area contributed by atoms with Gasteiger partial charge in [0.25, 0.3) is 5.91 Å². The van der Waals surface area contributed by atoms with Gasteiger partial charge in [-0.25, -0.2) is 12.7 Å². The number of aliphatic imine (C=N–C) groups is 1. The van der Waals surface area contributed by atoms with Gasteiger partial charge < -0.3 is 5.32 Å². The fourth-order valence-electron chi connectivity index (χ4n) is 5.23. The number of piperidine rings is 1. The quantitative estimate of drug-likeness (QED) is 0.302. The lowest BCUT2D eigenvalue weighted by Crippen LogP contribution is -2.50. The van der Waals surface area contributed by atoms with Crippen LogP contribution in [-0.4, -0.2) is 58.4 Å². The van der Waals surface area contributed by atoms with Gasteiger partial charge >= 0.3 is 16.6 Å². The Hall–Kier alpha value is -3.50. The van der Waals surface area contributed by atoms with E-state index in [2.05, 4.69) is 20.0 Å². The molecule has 5 rings (SSSR count). The van der Waals surface area contributed by atoms with Crippen LogP contribution in [0.1, 0.15) is 40.7 Å². The fraction of sp³-hybridized carbons (Fsp3) is 0.345. The zero-order valence-electron chi connectivity index (χ0n) is 23.7. The van der Waals surface area contributed by atoms with Crippen molar-refractivity contribution in [3.05, 3.63) is 94.8 Å². The molecule has 3 heterocycles. The molecule has 2 aromatic carbocycles. The van der Waals surface area contributed by atoms with Crippen molar-refractivity contribution in [1.82, 2.24) is 19.3 Å². The molecule has 1 saturated heterocycles. The summed E-state index contributed by atoms with van der Waals surface area (Å²) in [5, 5.41) is 2.58. The van der Waals surface area contributed by atoms with E-state index in [0.29, 0.717) is 11.1 Å². The standard InChI is InChI=1S/C29H30F3N5O5S2/c1-20-16-25(44(41,42)34-19-21-4-3-12-33-18-21)8-7-22(20)9-15-43(39,40)37-13-10-28(11-14-37)27(38)35-26(36-28)23-5-2-6-24(17-23)29(30,31)32/h2-8,12,16-18H,9-11,13-15,19H2,1H3,(H2-,34,35,36,38,41,42)/p+1. The van der Waals surface area contributed by atoms with Crippen LogP contribution >= 0.6 is 0 Å². The van der Waals surface area contributed by atoms with Crippen LogP contribution in [0.3, 0.4) is 0 Å². The number of amidine groups is 1. The number of carbonyl (C=O) groups is 1. The maximum atomic E-state index is 13.2. The van der Waals surface area contributed by atoms with Crippen LogP contribution in [0.25, 0.3) is 0 Å². The third kappa shape index (κ3) is 6.91. The highest BCUT2D eigenvalue weighted by Gasteiger charge is 2.47. The number of halogens is 3. The predicted octanol–water partition coefficient (Wildman–Crippen LogP) is 3.73. The summed E-state index contributed by atoms with van der Waals surface area (Å²) < 4.78 is 93.2. The van der Waals surface area contributed by atoms with E-state index in [1.54, 1.807) is 43.6 Å². The second kappa shape index (κ2) is 12.1. The molecule has 1 unspecified atom stereocenters. The lowest BCUT2D eigenvalue weighted by atomic mass is 9.89. The summed E-state index contributed by atoms with van der Waals surface area (Å²) >= 11 is 0. The Bertz CT molecular complexity index is 1740. The first-order chi connectivity index (χ1) is 20.7. The summed E-state index contributed by atoms with van der Waals surface area (Å²) in [6, 6.07) is 12.7. The minimum atomic E-state index is -4.55. The van der Waals surface area contributed by atoms with Gasteiger partial charge in [-0.2, -0.15) is 17.7 Å². The average molecular weight is 651 g/mol. The van der Waals surface area contributed by atoms with Crippen LogP contribution in [0.4, 0.5) is 13.2 Å². The number of carbonyl (C=O) groups excluding carboxylic acids is 1. The van der Waals surface area contributed by atoms with Crippen LogP contribution in [0.2, 0.25) is 0 Å². The Balaban J connectivity index is 1.20. The molecule has 0 aliphatic carbocycles. The lowest BCUT2D eigenvalue weighted by molar-refractivity contribution is -0.137. The highest BCUT2D eigenvalue weighted by atomic mass is 32.3. The van der Waals surface area contributed by atoms with Crippen molar-refractivity contribution in [1.29, 1.82) is 0 Å². The van der Waals surface area contributed by atoms with Crippen LogP contribution in [0, 0.1) is 6.92 Å². The Labute approximate surface area is 254 Å². The molecule has 2 aliphatic rings. The van der Waals surface area contributed by atoms with Gasteiger partial charge in [0.05, 0.1) is 17.9 Å². The molecule has 3 aromatic rings. The van der Waals surface area contributed by atoms with Crippen LogP contribution in [0.15, 0.2) is 76.9 Å². The van der Waals surface area contributed by atoms with E-state index in [0.717, 1.165) is 17.7 Å². The van der Waals surface area contributed by atoms with Gasteiger partial charge in [-0.1, -0.05) is 29.0 Å². The van der Waals surface area contributed by atoms with Crippen molar-refractivity contribution < 1.29 is 35.1 Å². The number of alkyl halides is 3. The van der Waals surface area contributed by atoms with E-state index in [4.69, 9.17) is 0 Å².